The normalized spacial score (nSPS) is 22.4. The second kappa shape index (κ2) is 11.3. The van der Waals surface area contributed by atoms with Crippen molar-refractivity contribution in [1.29, 1.82) is 0 Å². The van der Waals surface area contributed by atoms with Gasteiger partial charge in [-0.05, 0) is 43.6 Å². The van der Waals surface area contributed by atoms with Gasteiger partial charge in [0.25, 0.3) is 0 Å². The maximum Gasteiger partial charge on any atom is 0.246 e. The molecule has 2 amide bonds. The summed E-state index contributed by atoms with van der Waals surface area (Å²) >= 11 is 0. The topological polar surface area (TPSA) is 52.7 Å². The highest BCUT2D eigenvalue weighted by Gasteiger charge is 2.53. The average Bonchev–Trinajstić information content (AvgIpc) is 2.79. The number of hydrogen-bond donors (Lipinski definition) is 1. The number of nitrogens with one attached hydrogen (secondary N) is 1. The minimum atomic E-state index is -0.678. The number of unbranched alkanes of at least 4 members (excludes halogenated alkanes) is 2. The van der Waals surface area contributed by atoms with Gasteiger partial charge < -0.3 is 10.2 Å². The molecular weight excluding hydrogens is 398 g/mol. The summed E-state index contributed by atoms with van der Waals surface area (Å²) in [6.07, 6.45) is 7.63. The zero-order valence-electron chi connectivity index (χ0n) is 20.6. The Morgan fingerprint density at radius 2 is 1.69 bits per heavy atom. The highest BCUT2D eigenvalue weighted by Crippen LogP contribution is 2.38. The van der Waals surface area contributed by atoms with E-state index in [1.807, 2.05) is 4.90 Å². The molecule has 0 bridgehead atoms. The van der Waals surface area contributed by atoms with Crippen LogP contribution in [0.2, 0.25) is 0 Å². The van der Waals surface area contributed by atoms with E-state index in [9.17, 15) is 9.59 Å². The van der Waals surface area contributed by atoms with Crippen LogP contribution in [-0.4, -0.2) is 52.8 Å². The summed E-state index contributed by atoms with van der Waals surface area (Å²) in [6, 6.07) is 10.8. The van der Waals surface area contributed by atoms with Crippen molar-refractivity contribution in [2.45, 2.75) is 96.7 Å². The van der Waals surface area contributed by atoms with Crippen LogP contribution in [0.15, 0.2) is 30.3 Å². The number of benzene rings is 1. The number of piperazine rings is 1. The van der Waals surface area contributed by atoms with E-state index in [1.165, 1.54) is 18.4 Å². The molecule has 2 fully saturated rings. The molecule has 0 aliphatic carbocycles. The van der Waals surface area contributed by atoms with Gasteiger partial charge in [0.15, 0.2) is 0 Å². The van der Waals surface area contributed by atoms with E-state index in [-0.39, 0.29) is 17.9 Å². The Morgan fingerprint density at radius 3 is 2.28 bits per heavy atom. The predicted octanol–water partition coefficient (Wildman–Crippen LogP) is 4.93. The van der Waals surface area contributed by atoms with Crippen LogP contribution in [0.5, 0.6) is 0 Å². The van der Waals surface area contributed by atoms with Gasteiger partial charge in [-0.25, -0.2) is 0 Å². The molecule has 2 aliphatic heterocycles. The fourth-order valence-electron chi connectivity index (χ4n) is 5.48. The Morgan fingerprint density at radius 1 is 1.03 bits per heavy atom. The number of nitrogens with zero attached hydrogens (tertiary/aromatic N) is 2. The Kier molecular flexibility index (Phi) is 8.75. The Bertz CT molecular complexity index is 741. The molecule has 0 aromatic heterocycles. The number of amides is 2. The SMILES string of the molecule is CCCCC(c1ccccc1)N1CCC2(CC1)C(=O)N[C@@H](CC(C)C)C(=O)N2CCCC. The summed E-state index contributed by atoms with van der Waals surface area (Å²) < 4.78 is 0. The van der Waals surface area contributed by atoms with Crippen LogP contribution in [0.25, 0.3) is 0 Å². The van der Waals surface area contributed by atoms with Crippen LogP contribution in [0, 0.1) is 5.92 Å². The third-order valence-electron chi connectivity index (χ3n) is 7.33. The second-order valence-electron chi connectivity index (χ2n) is 10.1. The maximum absolute atomic E-state index is 13.5. The van der Waals surface area contributed by atoms with Gasteiger partial charge in [-0.3, -0.25) is 14.5 Å². The molecular formula is C27H43N3O2. The first-order chi connectivity index (χ1) is 15.4. The molecule has 2 heterocycles. The van der Waals surface area contributed by atoms with Crippen molar-refractivity contribution < 1.29 is 9.59 Å². The third kappa shape index (κ3) is 5.36. The molecule has 32 heavy (non-hydrogen) atoms. The monoisotopic (exact) mass is 441 g/mol. The van der Waals surface area contributed by atoms with Crippen LogP contribution in [0.1, 0.15) is 90.7 Å². The summed E-state index contributed by atoms with van der Waals surface area (Å²) in [7, 11) is 0. The van der Waals surface area contributed by atoms with E-state index in [4.69, 9.17) is 0 Å². The zero-order valence-corrected chi connectivity index (χ0v) is 20.6. The molecule has 3 rings (SSSR count). The number of hydrogen-bond acceptors (Lipinski definition) is 3. The fourth-order valence-corrected chi connectivity index (χ4v) is 5.48. The van der Waals surface area contributed by atoms with Crippen LogP contribution in [0.3, 0.4) is 0 Å². The summed E-state index contributed by atoms with van der Waals surface area (Å²) in [5, 5.41) is 3.13. The lowest BCUT2D eigenvalue weighted by molar-refractivity contribution is -0.162. The molecule has 178 valence electrons. The lowest BCUT2D eigenvalue weighted by atomic mass is 9.80. The van der Waals surface area contributed by atoms with Crippen molar-refractivity contribution in [3.63, 3.8) is 0 Å². The van der Waals surface area contributed by atoms with E-state index in [0.29, 0.717) is 24.9 Å². The molecule has 0 saturated carbocycles. The Balaban J connectivity index is 1.79. The van der Waals surface area contributed by atoms with Crippen LogP contribution in [-0.2, 0) is 9.59 Å². The van der Waals surface area contributed by atoms with E-state index >= 15 is 0 Å². The molecule has 1 aromatic carbocycles. The molecule has 0 radical (unpaired) electrons. The quantitative estimate of drug-likeness (QED) is 0.560. The first-order valence-electron chi connectivity index (χ1n) is 12.8. The van der Waals surface area contributed by atoms with E-state index in [2.05, 4.69) is 68.2 Å². The maximum atomic E-state index is 13.5. The minimum Gasteiger partial charge on any atom is -0.342 e. The van der Waals surface area contributed by atoms with Crippen molar-refractivity contribution >= 4 is 11.8 Å². The molecule has 1 spiro atoms. The zero-order chi connectivity index (χ0) is 23.1. The smallest absolute Gasteiger partial charge is 0.246 e. The lowest BCUT2D eigenvalue weighted by Gasteiger charge is -2.52. The molecule has 1 unspecified atom stereocenters. The standard InChI is InChI=1S/C27H43N3O2/c1-5-7-14-24(22-12-10-9-11-13-22)29-18-15-27(16-19-29)26(32)28-23(20-21(3)4)25(31)30(27)17-8-6-2/h9-13,21,23-24H,5-8,14-20H2,1-4H3,(H,28,32)/t23-,24?/m0/s1. The van der Waals surface area contributed by atoms with Gasteiger partial charge in [-0.15, -0.1) is 0 Å². The molecule has 2 saturated heterocycles. The van der Waals surface area contributed by atoms with Crippen molar-refractivity contribution in [3.8, 4) is 0 Å². The van der Waals surface area contributed by atoms with Crippen LogP contribution >= 0.6 is 0 Å². The van der Waals surface area contributed by atoms with Crippen molar-refractivity contribution in [2.24, 2.45) is 5.92 Å². The summed E-state index contributed by atoms with van der Waals surface area (Å²) in [5.41, 5.74) is 0.684. The van der Waals surface area contributed by atoms with E-state index < -0.39 is 5.54 Å². The number of carbonyl (C=O) groups is 2. The van der Waals surface area contributed by atoms with Gasteiger partial charge in [0.2, 0.25) is 11.8 Å². The minimum absolute atomic E-state index is 0.0725. The van der Waals surface area contributed by atoms with Gasteiger partial charge in [0.05, 0.1) is 0 Å². The van der Waals surface area contributed by atoms with E-state index in [1.54, 1.807) is 0 Å². The van der Waals surface area contributed by atoms with E-state index in [0.717, 1.165) is 45.2 Å². The van der Waals surface area contributed by atoms with Gasteiger partial charge in [-0.1, -0.05) is 77.3 Å². The van der Waals surface area contributed by atoms with Crippen LogP contribution < -0.4 is 5.32 Å². The highest BCUT2D eigenvalue weighted by atomic mass is 16.2. The first kappa shape index (κ1) is 24.8. The molecule has 2 aliphatic rings. The van der Waals surface area contributed by atoms with Crippen molar-refractivity contribution in [2.75, 3.05) is 19.6 Å². The molecule has 1 N–H and O–H groups in total. The van der Waals surface area contributed by atoms with Gasteiger partial charge in [-0.2, -0.15) is 0 Å². The molecule has 2 atom stereocenters. The predicted molar refractivity (Wildman–Crippen MR) is 130 cm³/mol. The van der Waals surface area contributed by atoms with Gasteiger partial charge >= 0.3 is 0 Å². The lowest BCUT2D eigenvalue weighted by Crippen LogP contribution is -2.73. The summed E-state index contributed by atoms with van der Waals surface area (Å²) in [4.78, 5) is 31.5. The number of likely N-dealkylation sites (tertiary alicyclic amines) is 1. The van der Waals surface area contributed by atoms with Crippen molar-refractivity contribution in [3.05, 3.63) is 35.9 Å². The summed E-state index contributed by atoms with van der Waals surface area (Å²) in [5.74, 6) is 0.576. The van der Waals surface area contributed by atoms with Crippen molar-refractivity contribution in [1.82, 2.24) is 15.1 Å². The number of rotatable bonds is 10. The Labute approximate surface area is 194 Å². The van der Waals surface area contributed by atoms with Crippen LogP contribution in [0.4, 0.5) is 0 Å². The third-order valence-corrected chi connectivity index (χ3v) is 7.33. The first-order valence-corrected chi connectivity index (χ1v) is 12.8. The summed E-state index contributed by atoms with van der Waals surface area (Å²) in [6.45, 7) is 11.0. The fraction of sp³-hybridized carbons (Fsp3) is 0.704. The second-order valence-corrected chi connectivity index (χ2v) is 10.1. The van der Waals surface area contributed by atoms with Gasteiger partial charge in [0, 0.05) is 25.7 Å². The van der Waals surface area contributed by atoms with Gasteiger partial charge in [0.1, 0.15) is 11.6 Å². The number of carbonyl (C=O) groups excluding carboxylic acids is 2. The molecule has 1 aromatic rings. The highest BCUT2D eigenvalue weighted by molar-refractivity contribution is 6.00. The largest absolute Gasteiger partial charge is 0.342 e. The Hall–Kier alpha value is -1.88. The molecule has 5 heteroatoms. The molecule has 5 nitrogen and oxygen atoms in total. The number of piperidine rings is 1. The average molecular weight is 442 g/mol.